The minimum absolute atomic E-state index is 0.0822. The van der Waals surface area contributed by atoms with Crippen molar-refractivity contribution in [2.45, 2.75) is 19.9 Å². The van der Waals surface area contributed by atoms with Crippen molar-refractivity contribution in [3.63, 3.8) is 0 Å². The Kier molecular flexibility index (Phi) is 4.74. The topological polar surface area (TPSA) is 101 Å². The number of nitrogens with one attached hydrogen (secondary N) is 1. The number of hydrogen-bond acceptors (Lipinski definition) is 4. The molecule has 6 heteroatoms. The third kappa shape index (κ3) is 3.37. The lowest BCUT2D eigenvalue weighted by molar-refractivity contribution is -0.130. The van der Waals surface area contributed by atoms with Crippen LogP contribution in [-0.4, -0.2) is 36.3 Å². The second-order valence-corrected chi connectivity index (χ2v) is 4.35. The predicted molar refractivity (Wildman–Crippen MR) is 75.8 cm³/mol. The van der Waals surface area contributed by atoms with Crippen LogP contribution >= 0.6 is 0 Å². The van der Waals surface area contributed by atoms with Gasteiger partial charge in [-0.05, 0) is 26.0 Å². The summed E-state index contributed by atoms with van der Waals surface area (Å²) in [5.41, 5.74) is 12.2. The van der Waals surface area contributed by atoms with Crippen LogP contribution in [0.2, 0.25) is 0 Å². The Labute approximate surface area is 112 Å². The maximum absolute atomic E-state index is 12.0. The Bertz CT molecular complexity index is 488. The molecule has 1 rings (SSSR count). The molecule has 0 saturated heterocycles. The lowest BCUT2D eigenvalue weighted by atomic mass is 10.1. The zero-order valence-electron chi connectivity index (χ0n) is 11.4. The van der Waals surface area contributed by atoms with Crippen LogP contribution in [0, 0.1) is 0 Å². The Morgan fingerprint density at radius 3 is 2.58 bits per heavy atom. The normalized spacial score (nSPS) is 11.7. The van der Waals surface area contributed by atoms with E-state index >= 15 is 0 Å². The quantitative estimate of drug-likeness (QED) is 0.679. The van der Waals surface area contributed by atoms with Crippen molar-refractivity contribution in [1.82, 2.24) is 4.90 Å². The molecule has 0 bridgehead atoms. The van der Waals surface area contributed by atoms with Crippen LogP contribution in [0.3, 0.4) is 0 Å². The minimum atomic E-state index is -0.585. The molecular weight excluding hydrogens is 244 g/mol. The number of rotatable bonds is 5. The highest BCUT2D eigenvalue weighted by Crippen LogP contribution is 2.24. The molecule has 0 heterocycles. The summed E-state index contributed by atoms with van der Waals surface area (Å²) < 4.78 is 0. The van der Waals surface area contributed by atoms with Crippen molar-refractivity contribution in [3.8, 4) is 0 Å². The Morgan fingerprint density at radius 1 is 1.42 bits per heavy atom. The number of carbonyl (C=O) groups is 2. The summed E-state index contributed by atoms with van der Waals surface area (Å²) >= 11 is 0. The van der Waals surface area contributed by atoms with Crippen LogP contribution < -0.4 is 16.8 Å². The van der Waals surface area contributed by atoms with Gasteiger partial charge < -0.3 is 21.7 Å². The first-order valence-electron chi connectivity index (χ1n) is 6.08. The van der Waals surface area contributed by atoms with Crippen LogP contribution in [0.15, 0.2) is 18.2 Å². The van der Waals surface area contributed by atoms with Gasteiger partial charge in [0.05, 0.1) is 16.9 Å². The van der Waals surface area contributed by atoms with Gasteiger partial charge in [-0.25, -0.2) is 0 Å². The van der Waals surface area contributed by atoms with Gasteiger partial charge in [0.25, 0.3) is 5.91 Å². The predicted octanol–water partition coefficient (Wildman–Crippen LogP) is 0.646. The van der Waals surface area contributed by atoms with Crippen LogP contribution in [0.25, 0.3) is 0 Å². The molecule has 0 saturated carbocycles. The fraction of sp³-hybridized carbons (Fsp3) is 0.385. The standard InChI is InChI=1S/C13H20N4O2/c1-4-17(3)13(19)8(2)16-11-9(12(15)18)6-5-7-10(11)14/h5-8,16H,4,14H2,1-3H3,(H2,15,18). The van der Waals surface area contributed by atoms with Crippen molar-refractivity contribution >= 4 is 23.2 Å². The van der Waals surface area contributed by atoms with E-state index in [0.29, 0.717) is 17.9 Å². The van der Waals surface area contributed by atoms with Crippen LogP contribution in [0.5, 0.6) is 0 Å². The summed E-state index contributed by atoms with van der Waals surface area (Å²) in [6, 6.07) is 4.37. The van der Waals surface area contributed by atoms with Crippen molar-refractivity contribution in [2.24, 2.45) is 5.73 Å². The number of nitrogens with two attached hydrogens (primary N) is 2. The van der Waals surface area contributed by atoms with E-state index < -0.39 is 11.9 Å². The minimum Gasteiger partial charge on any atom is -0.397 e. The maximum atomic E-state index is 12.0. The Balaban J connectivity index is 2.99. The number of likely N-dealkylation sites (N-methyl/N-ethyl adjacent to an activating group) is 1. The highest BCUT2D eigenvalue weighted by atomic mass is 16.2. The van der Waals surface area contributed by atoms with E-state index in [1.54, 1.807) is 37.1 Å². The number of amides is 2. The summed E-state index contributed by atoms with van der Waals surface area (Å²) in [5, 5.41) is 2.96. The average molecular weight is 264 g/mol. The number of nitrogens with zero attached hydrogens (tertiary/aromatic N) is 1. The van der Waals surface area contributed by atoms with Gasteiger partial charge in [0.2, 0.25) is 5.91 Å². The molecule has 19 heavy (non-hydrogen) atoms. The van der Waals surface area contributed by atoms with Gasteiger partial charge in [-0.15, -0.1) is 0 Å². The lowest BCUT2D eigenvalue weighted by Gasteiger charge is -2.23. The molecule has 104 valence electrons. The van der Waals surface area contributed by atoms with Crippen LogP contribution in [0.1, 0.15) is 24.2 Å². The van der Waals surface area contributed by atoms with Crippen LogP contribution in [-0.2, 0) is 4.79 Å². The number of carbonyl (C=O) groups excluding carboxylic acids is 2. The van der Waals surface area contributed by atoms with Gasteiger partial charge in [-0.3, -0.25) is 9.59 Å². The molecule has 1 aromatic carbocycles. The zero-order valence-corrected chi connectivity index (χ0v) is 11.4. The van der Waals surface area contributed by atoms with E-state index in [4.69, 9.17) is 11.5 Å². The largest absolute Gasteiger partial charge is 0.397 e. The molecule has 2 amide bonds. The molecule has 0 aromatic heterocycles. The summed E-state index contributed by atoms with van der Waals surface area (Å²) in [5.74, 6) is -0.667. The Morgan fingerprint density at radius 2 is 2.05 bits per heavy atom. The van der Waals surface area contributed by atoms with Gasteiger partial charge in [-0.1, -0.05) is 6.07 Å². The molecule has 1 aromatic rings. The third-order valence-electron chi connectivity index (χ3n) is 2.94. The third-order valence-corrected chi connectivity index (χ3v) is 2.94. The van der Waals surface area contributed by atoms with Gasteiger partial charge >= 0.3 is 0 Å². The number of anilines is 2. The molecule has 6 nitrogen and oxygen atoms in total. The first-order valence-corrected chi connectivity index (χ1v) is 6.08. The van der Waals surface area contributed by atoms with Gasteiger partial charge in [-0.2, -0.15) is 0 Å². The van der Waals surface area contributed by atoms with Gasteiger partial charge in [0, 0.05) is 13.6 Å². The number of primary amides is 1. The van der Waals surface area contributed by atoms with E-state index in [2.05, 4.69) is 5.32 Å². The summed E-state index contributed by atoms with van der Waals surface area (Å²) in [6.45, 7) is 4.21. The highest BCUT2D eigenvalue weighted by Gasteiger charge is 2.19. The molecule has 0 aliphatic heterocycles. The molecule has 0 aliphatic rings. The van der Waals surface area contributed by atoms with Crippen molar-refractivity contribution in [1.29, 1.82) is 0 Å². The van der Waals surface area contributed by atoms with E-state index in [-0.39, 0.29) is 11.5 Å². The van der Waals surface area contributed by atoms with Crippen molar-refractivity contribution < 1.29 is 9.59 Å². The first kappa shape index (κ1) is 14.8. The van der Waals surface area contributed by atoms with Gasteiger partial charge in [0.15, 0.2) is 0 Å². The highest BCUT2D eigenvalue weighted by molar-refractivity contribution is 6.02. The molecule has 0 spiro atoms. The van der Waals surface area contributed by atoms with E-state index in [1.165, 1.54) is 0 Å². The molecule has 0 radical (unpaired) electrons. The van der Waals surface area contributed by atoms with E-state index in [9.17, 15) is 9.59 Å². The number of para-hydroxylation sites is 1. The fourth-order valence-electron chi connectivity index (χ4n) is 1.70. The van der Waals surface area contributed by atoms with Crippen molar-refractivity contribution in [3.05, 3.63) is 23.8 Å². The van der Waals surface area contributed by atoms with Crippen molar-refractivity contribution in [2.75, 3.05) is 24.6 Å². The Hall–Kier alpha value is -2.24. The number of hydrogen-bond donors (Lipinski definition) is 3. The number of benzene rings is 1. The second-order valence-electron chi connectivity index (χ2n) is 4.35. The lowest BCUT2D eigenvalue weighted by Crippen LogP contribution is -2.39. The molecule has 1 atom stereocenters. The fourth-order valence-corrected chi connectivity index (χ4v) is 1.70. The van der Waals surface area contributed by atoms with Gasteiger partial charge in [0.1, 0.15) is 6.04 Å². The first-order chi connectivity index (χ1) is 8.88. The monoisotopic (exact) mass is 264 g/mol. The molecule has 5 N–H and O–H groups in total. The zero-order chi connectivity index (χ0) is 14.6. The second kappa shape index (κ2) is 6.08. The molecular formula is C13H20N4O2. The molecule has 0 fully saturated rings. The SMILES string of the molecule is CCN(C)C(=O)C(C)Nc1c(N)cccc1C(N)=O. The number of nitrogen functional groups attached to an aromatic ring is 1. The molecule has 1 unspecified atom stereocenters. The van der Waals surface area contributed by atoms with Crippen LogP contribution in [0.4, 0.5) is 11.4 Å². The molecule has 0 aliphatic carbocycles. The summed E-state index contributed by atoms with van der Waals surface area (Å²) in [4.78, 5) is 24.9. The van der Waals surface area contributed by atoms with E-state index in [0.717, 1.165) is 0 Å². The smallest absolute Gasteiger partial charge is 0.250 e. The maximum Gasteiger partial charge on any atom is 0.250 e. The average Bonchev–Trinajstić information content (AvgIpc) is 2.38. The summed E-state index contributed by atoms with van der Waals surface area (Å²) in [6.07, 6.45) is 0. The summed E-state index contributed by atoms with van der Waals surface area (Å²) in [7, 11) is 1.71. The van der Waals surface area contributed by atoms with E-state index in [1.807, 2.05) is 6.92 Å².